The van der Waals surface area contributed by atoms with Crippen LogP contribution in [0.1, 0.15) is 44.4 Å². The highest BCUT2D eigenvalue weighted by atomic mass is 19.3. The van der Waals surface area contributed by atoms with Crippen LogP contribution in [0.15, 0.2) is 84.9 Å². The first-order valence-electron chi connectivity index (χ1n) is 15.7. The van der Waals surface area contributed by atoms with Crippen molar-refractivity contribution in [2.75, 3.05) is 0 Å². The van der Waals surface area contributed by atoms with E-state index in [9.17, 15) is 29.1 Å². The van der Waals surface area contributed by atoms with Gasteiger partial charge in [0, 0.05) is 6.42 Å². The van der Waals surface area contributed by atoms with Gasteiger partial charge in [0.15, 0.2) is 0 Å². The maximum Gasteiger partial charge on any atom is 0.408 e. The molecule has 3 atom stereocenters. The van der Waals surface area contributed by atoms with E-state index in [0.29, 0.717) is 16.9 Å². The second-order valence-corrected chi connectivity index (χ2v) is 12.1. The average Bonchev–Trinajstić information content (AvgIpc) is 3.07. The fourth-order valence-electron chi connectivity index (χ4n) is 4.67. The molecule has 3 aromatic rings. The molecule has 49 heavy (non-hydrogen) atoms. The number of aliphatic carboxylic acids is 1. The third-order valence-corrected chi connectivity index (χ3v) is 7.49. The highest BCUT2D eigenvalue weighted by Crippen LogP contribution is 2.22. The van der Waals surface area contributed by atoms with E-state index in [1.54, 1.807) is 61.6 Å². The molecule has 0 aliphatic heterocycles. The standard InChI is InChI=1S/C36H41F2N3O8/c1-22(2)29(41-35(47)49-21-26-13-9-6-10-14-26)32(43)39-28(31(42)36(37,38)34(46)40-30(23(3)4)33(44)45)19-24-15-17-27(18-16-24)48-20-25-11-7-5-8-12-25/h5-18,22-23,28-30H,19-21H2,1-4H3,(H,39,43)(H,40,46)(H,41,47)(H,44,45)/t28-,29-,30+/m0/s1. The zero-order chi connectivity index (χ0) is 36.1. The first-order chi connectivity index (χ1) is 23.2. The first kappa shape index (κ1) is 38.1. The van der Waals surface area contributed by atoms with E-state index in [1.165, 1.54) is 26.0 Å². The Hall–Kier alpha value is -5.33. The van der Waals surface area contributed by atoms with Gasteiger partial charge in [0.25, 0.3) is 5.91 Å². The molecule has 0 aromatic heterocycles. The molecule has 0 heterocycles. The Bertz CT molecular complexity index is 1570. The molecule has 0 saturated heterocycles. The van der Waals surface area contributed by atoms with Crippen LogP contribution in [0.2, 0.25) is 0 Å². The van der Waals surface area contributed by atoms with Gasteiger partial charge in [0.1, 0.15) is 31.0 Å². The number of alkyl halides is 2. The number of hydrogen-bond acceptors (Lipinski definition) is 7. The number of amides is 3. The Morgan fingerprint density at radius 1 is 0.694 bits per heavy atom. The molecule has 0 bridgehead atoms. The van der Waals surface area contributed by atoms with Crippen molar-refractivity contribution in [3.05, 3.63) is 102 Å². The molecule has 3 amide bonds. The largest absolute Gasteiger partial charge is 0.489 e. The van der Waals surface area contributed by atoms with Gasteiger partial charge in [0.2, 0.25) is 11.7 Å². The van der Waals surface area contributed by atoms with Crippen molar-refractivity contribution in [1.29, 1.82) is 0 Å². The summed E-state index contributed by atoms with van der Waals surface area (Å²) in [4.78, 5) is 63.6. The van der Waals surface area contributed by atoms with Crippen LogP contribution in [0.3, 0.4) is 0 Å². The molecule has 0 fully saturated rings. The van der Waals surface area contributed by atoms with Gasteiger partial charge in [-0.05, 0) is 40.7 Å². The van der Waals surface area contributed by atoms with Gasteiger partial charge in [-0.15, -0.1) is 0 Å². The Balaban J connectivity index is 1.81. The lowest BCUT2D eigenvalue weighted by atomic mass is 9.96. The lowest BCUT2D eigenvalue weighted by Gasteiger charge is -2.27. The minimum Gasteiger partial charge on any atom is -0.489 e. The number of hydrogen-bond donors (Lipinski definition) is 4. The normalized spacial score (nSPS) is 13.1. The number of ketones is 1. The number of halogens is 2. The summed E-state index contributed by atoms with van der Waals surface area (Å²) in [6.45, 7) is 6.15. The van der Waals surface area contributed by atoms with Crippen LogP contribution in [-0.2, 0) is 43.5 Å². The number of carboxylic acid groups (broad SMARTS) is 1. The summed E-state index contributed by atoms with van der Waals surface area (Å²) in [5.41, 5.74) is 1.94. The third-order valence-electron chi connectivity index (χ3n) is 7.49. The van der Waals surface area contributed by atoms with Crippen molar-refractivity contribution >= 4 is 29.7 Å². The molecular weight excluding hydrogens is 640 g/mol. The van der Waals surface area contributed by atoms with Crippen LogP contribution >= 0.6 is 0 Å². The molecule has 0 spiro atoms. The highest BCUT2D eigenvalue weighted by molar-refractivity contribution is 6.11. The van der Waals surface area contributed by atoms with Gasteiger partial charge in [-0.25, -0.2) is 9.59 Å². The van der Waals surface area contributed by atoms with Crippen molar-refractivity contribution in [2.24, 2.45) is 11.8 Å². The summed E-state index contributed by atoms with van der Waals surface area (Å²) in [5, 5.41) is 15.8. The molecule has 3 rings (SSSR count). The number of rotatable bonds is 17. The molecule has 0 aliphatic rings. The van der Waals surface area contributed by atoms with Gasteiger partial charge in [-0.1, -0.05) is 100 Å². The minimum atomic E-state index is -4.73. The summed E-state index contributed by atoms with van der Waals surface area (Å²) in [6.07, 6.45) is -1.42. The number of ether oxygens (including phenoxy) is 2. The molecular formula is C36H41F2N3O8. The lowest BCUT2D eigenvalue weighted by molar-refractivity contribution is -0.162. The van der Waals surface area contributed by atoms with Crippen molar-refractivity contribution in [3.63, 3.8) is 0 Å². The summed E-state index contributed by atoms with van der Waals surface area (Å²) < 4.78 is 41.8. The van der Waals surface area contributed by atoms with Gasteiger partial charge in [-0.3, -0.25) is 14.4 Å². The Morgan fingerprint density at radius 3 is 1.73 bits per heavy atom. The first-order valence-corrected chi connectivity index (χ1v) is 15.7. The number of carbonyl (C=O) groups is 5. The molecule has 0 unspecified atom stereocenters. The molecule has 0 radical (unpaired) electrons. The molecule has 11 nitrogen and oxygen atoms in total. The summed E-state index contributed by atoms with van der Waals surface area (Å²) in [5.74, 6) is -12.2. The van der Waals surface area contributed by atoms with Crippen molar-refractivity contribution in [2.45, 2.75) is 71.4 Å². The van der Waals surface area contributed by atoms with E-state index in [-0.39, 0.29) is 13.2 Å². The Morgan fingerprint density at radius 2 is 1.22 bits per heavy atom. The molecule has 0 saturated carbocycles. The Labute approximate surface area is 283 Å². The summed E-state index contributed by atoms with van der Waals surface area (Å²) in [6, 6.07) is 19.3. The molecule has 3 aromatic carbocycles. The van der Waals surface area contributed by atoms with Crippen molar-refractivity contribution < 1.29 is 47.3 Å². The van der Waals surface area contributed by atoms with Crippen LogP contribution < -0.4 is 20.7 Å². The van der Waals surface area contributed by atoms with E-state index in [2.05, 4.69) is 10.6 Å². The van der Waals surface area contributed by atoms with E-state index in [0.717, 1.165) is 5.56 Å². The molecule has 262 valence electrons. The minimum absolute atomic E-state index is 0.0969. The molecule has 0 aliphatic carbocycles. The van der Waals surface area contributed by atoms with Gasteiger partial charge < -0.3 is 30.5 Å². The second kappa shape index (κ2) is 17.7. The monoisotopic (exact) mass is 681 g/mol. The second-order valence-electron chi connectivity index (χ2n) is 12.1. The number of carboxylic acids is 1. The van der Waals surface area contributed by atoms with E-state index in [4.69, 9.17) is 9.47 Å². The van der Waals surface area contributed by atoms with Crippen LogP contribution in [0, 0.1) is 11.8 Å². The summed E-state index contributed by atoms with van der Waals surface area (Å²) in [7, 11) is 0. The maximum absolute atomic E-state index is 15.4. The number of carbonyl (C=O) groups excluding carboxylic acids is 4. The predicted octanol–water partition coefficient (Wildman–Crippen LogP) is 4.67. The van der Waals surface area contributed by atoms with E-state index in [1.807, 2.05) is 30.3 Å². The topological polar surface area (TPSA) is 160 Å². The number of alkyl carbamates (subject to hydrolysis) is 1. The zero-order valence-electron chi connectivity index (χ0n) is 27.7. The average molecular weight is 682 g/mol. The van der Waals surface area contributed by atoms with Gasteiger partial charge in [0.05, 0.1) is 6.04 Å². The Kier molecular flexibility index (Phi) is 13.8. The lowest BCUT2D eigenvalue weighted by Crippen LogP contribution is -2.60. The van der Waals surface area contributed by atoms with E-state index >= 15 is 8.78 Å². The van der Waals surface area contributed by atoms with Crippen LogP contribution in [0.5, 0.6) is 5.75 Å². The van der Waals surface area contributed by atoms with Crippen LogP contribution in [0.4, 0.5) is 13.6 Å². The SMILES string of the molecule is CC(C)[C@H](NC(=O)OCc1ccccc1)C(=O)N[C@@H](Cc1ccc(OCc2ccccc2)cc1)C(=O)C(F)(F)C(=O)N[C@@H](C(=O)O)C(C)C. The smallest absolute Gasteiger partial charge is 0.408 e. The third kappa shape index (κ3) is 11.4. The highest BCUT2D eigenvalue weighted by Gasteiger charge is 2.51. The van der Waals surface area contributed by atoms with Crippen LogP contribution in [0.25, 0.3) is 0 Å². The van der Waals surface area contributed by atoms with Gasteiger partial charge in [-0.2, -0.15) is 8.78 Å². The fraction of sp³-hybridized carbons (Fsp3) is 0.361. The maximum atomic E-state index is 15.4. The number of Topliss-reactive ketones (excluding diaryl/α,β-unsaturated/α-hetero) is 1. The number of benzene rings is 3. The van der Waals surface area contributed by atoms with Crippen molar-refractivity contribution in [3.8, 4) is 5.75 Å². The van der Waals surface area contributed by atoms with E-state index < -0.39 is 72.0 Å². The molecule has 13 heteroatoms. The quantitative estimate of drug-likeness (QED) is 0.150. The zero-order valence-corrected chi connectivity index (χ0v) is 27.7. The summed E-state index contributed by atoms with van der Waals surface area (Å²) >= 11 is 0. The molecule has 4 N–H and O–H groups in total. The number of nitrogens with one attached hydrogen (secondary N) is 3. The van der Waals surface area contributed by atoms with Gasteiger partial charge >= 0.3 is 18.0 Å². The fourth-order valence-corrected chi connectivity index (χ4v) is 4.67. The van der Waals surface area contributed by atoms with Crippen molar-refractivity contribution in [1.82, 2.24) is 16.0 Å². The predicted molar refractivity (Wildman–Crippen MR) is 176 cm³/mol. The van der Waals surface area contributed by atoms with Crippen LogP contribution in [-0.4, -0.2) is 58.8 Å².